The molecule has 3 aliphatic rings. The minimum atomic E-state index is -0.568. The van der Waals surface area contributed by atoms with E-state index in [1.54, 1.807) is 6.20 Å². The second kappa shape index (κ2) is 9.38. The molecule has 4 rings (SSSR count). The Bertz CT molecular complexity index is 797. The predicted octanol–water partition coefficient (Wildman–Crippen LogP) is 3.73. The standard InChI is InChI=1S/C25H38N4O3/c1-24(2,3)32-23(31)27-20-12-16-29(18-9-5-4-6-10-18)17-19(20)22(30)28-25(13-14-25)21-11-7-8-15-26-21/h7-8,11,15,18-20H,4-6,9-10,12-14,16-17H2,1-3H3,(H,27,31)(H,28,30). The van der Waals surface area contributed by atoms with Crippen LogP contribution in [-0.2, 0) is 15.1 Å². The highest BCUT2D eigenvalue weighted by atomic mass is 16.6. The lowest BCUT2D eigenvalue weighted by atomic mass is 9.86. The van der Waals surface area contributed by atoms with Gasteiger partial charge in [0.25, 0.3) is 0 Å². The number of pyridine rings is 1. The molecular weight excluding hydrogens is 404 g/mol. The van der Waals surface area contributed by atoms with Crippen molar-refractivity contribution in [2.45, 2.75) is 95.4 Å². The molecule has 3 fully saturated rings. The first kappa shape index (κ1) is 23.0. The molecule has 176 valence electrons. The van der Waals surface area contributed by atoms with Crippen molar-refractivity contribution in [1.29, 1.82) is 0 Å². The molecule has 0 spiro atoms. The van der Waals surface area contributed by atoms with Crippen LogP contribution in [0.3, 0.4) is 0 Å². The number of aromatic nitrogens is 1. The minimum Gasteiger partial charge on any atom is -0.444 e. The third-order valence-corrected chi connectivity index (χ3v) is 7.04. The fourth-order valence-electron chi connectivity index (χ4n) is 5.20. The molecule has 1 aliphatic heterocycles. The highest BCUT2D eigenvalue weighted by Crippen LogP contribution is 2.45. The fraction of sp³-hybridized carbons (Fsp3) is 0.720. The van der Waals surface area contributed by atoms with Crippen molar-refractivity contribution in [1.82, 2.24) is 20.5 Å². The first-order chi connectivity index (χ1) is 15.3. The van der Waals surface area contributed by atoms with Crippen LogP contribution in [0.2, 0.25) is 0 Å². The number of ether oxygens (including phenoxy) is 1. The Morgan fingerprint density at radius 2 is 1.88 bits per heavy atom. The number of rotatable bonds is 5. The molecule has 2 aliphatic carbocycles. The number of hydrogen-bond acceptors (Lipinski definition) is 5. The van der Waals surface area contributed by atoms with Crippen molar-refractivity contribution in [3.63, 3.8) is 0 Å². The fourth-order valence-corrected chi connectivity index (χ4v) is 5.20. The van der Waals surface area contributed by atoms with Crippen molar-refractivity contribution in [2.75, 3.05) is 13.1 Å². The van der Waals surface area contributed by atoms with Crippen LogP contribution in [0.15, 0.2) is 24.4 Å². The van der Waals surface area contributed by atoms with Crippen LogP contribution >= 0.6 is 0 Å². The van der Waals surface area contributed by atoms with Gasteiger partial charge in [0.2, 0.25) is 5.91 Å². The third kappa shape index (κ3) is 5.61. The number of piperidine rings is 1. The molecular formula is C25H38N4O3. The highest BCUT2D eigenvalue weighted by Gasteiger charge is 2.49. The lowest BCUT2D eigenvalue weighted by Gasteiger charge is -2.43. The van der Waals surface area contributed by atoms with Gasteiger partial charge in [-0.2, -0.15) is 0 Å². The average Bonchev–Trinajstić information content (AvgIpc) is 3.54. The summed E-state index contributed by atoms with van der Waals surface area (Å²) in [6.07, 6.45) is 10.1. The first-order valence-corrected chi connectivity index (χ1v) is 12.2. The van der Waals surface area contributed by atoms with E-state index in [1.807, 2.05) is 39.0 Å². The lowest BCUT2D eigenvalue weighted by Crippen LogP contribution is -2.59. The van der Waals surface area contributed by atoms with Crippen molar-refractivity contribution in [3.8, 4) is 0 Å². The van der Waals surface area contributed by atoms with E-state index in [0.29, 0.717) is 12.6 Å². The molecule has 0 bridgehead atoms. The zero-order valence-electron chi connectivity index (χ0n) is 19.7. The summed E-state index contributed by atoms with van der Waals surface area (Å²) in [6, 6.07) is 6.16. The van der Waals surface area contributed by atoms with Gasteiger partial charge in [0.15, 0.2) is 0 Å². The van der Waals surface area contributed by atoms with Gasteiger partial charge in [-0.25, -0.2) is 4.79 Å². The molecule has 2 N–H and O–H groups in total. The van der Waals surface area contributed by atoms with E-state index in [2.05, 4.69) is 20.5 Å². The van der Waals surface area contributed by atoms with Gasteiger partial charge in [0.1, 0.15) is 5.60 Å². The van der Waals surface area contributed by atoms with Gasteiger partial charge in [-0.3, -0.25) is 14.7 Å². The van der Waals surface area contributed by atoms with Crippen LogP contribution < -0.4 is 10.6 Å². The van der Waals surface area contributed by atoms with Gasteiger partial charge in [0, 0.05) is 31.4 Å². The van der Waals surface area contributed by atoms with Crippen LogP contribution in [0.5, 0.6) is 0 Å². The van der Waals surface area contributed by atoms with E-state index in [1.165, 1.54) is 32.1 Å². The molecule has 7 heteroatoms. The maximum absolute atomic E-state index is 13.6. The average molecular weight is 443 g/mol. The molecule has 2 atom stereocenters. The highest BCUT2D eigenvalue weighted by molar-refractivity contribution is 5.82. The van der Waals surface area contributed by atoms with Gasteiger partial charge in [-0.15, -0.1) is 0 Å². The van der Waals surface area contributed by atoms with Gasteiger partial charge in [-0.1, -0.05) is 25.3 Å². The van der Waals surface area contributed by atoms with Crippen molar-refractivity contribution in [3.05, 3.63) is 30.1 Å². The minimum absolute atomic E-state index is 0.00900. The summed E-state index contributed by atoms with van der Waals surface area (Å²) in [5.41, 5.74) is -0.00572. The van der Waals surface area contributed by atoms with Crippen LogP contribution in [0.1, 0.15) is 77.8 Å². The van der Waals surface area contributed by atoms with Crippen molar-refractivity contribution >= 4 is 12.0 Å². The Morgan fingerprint density at radius 1 is 1.12 bits per heavy atom. The second-order valence-corrected chi connectivity index (χ2v) is 10.7. The molecule has 2 saturated carbocycles. The lowest BCUT2D eigenvalue weighted by molar-refractivity contribution is -0.129. The van der Waals surface area contributed by atoms with Gasteiger partial charge < -0.3 is 15.4 Å². The van der Waals surface area contributed by atoms with Crippen LogP contribution in [0.4, 0.5) is 4.79 Å². The summed E-state index contributed by atoms with van der Waals surface area (Å²) in [5.74, 6) is -0.297. The molecule has 1 aromatic heterocycles. The van der Waals surface area contributed by atoms with E-state index >= 15 is 0 Å². The molecule has 2 heterocycles. The quantitative estimate of drug-likeness (QED) is 0.726. The van der Waals surface area contributed by atoms with Crippen molar-refractivity contribution < 1.29 is 14.3 Å². The monoisotopic (exact) mass is 442 g/mol. The number of carbonyl (C=O) groups is 2. The molecule has 32 heavy (non-hydrogen) atoms. The van der Waals surface area contributed by atoms with Crippen LogP contribution in [0.25, 0.3) is 0 Å². The Hall–Kier alpha value is -2.15. The number of nitrogens with zero attached hydrogens (tertiary/aromatic N) is 2. The molecule has 2 amide bonds. The number of alkyl carbamates (subject to hydrolysis) is 1. The largest absolute Gasteiger partial charge is 0.444 e. The maximum atomic E-state index is 13.6. The van der Waals surface area contributed by atoms with Crippen molar-refractivity contribution in [2.24, 2.45) is 5.92 Å². The molecule has 0 aromatic carbocycles. The maximum Gasteiger partial charge on any atom is 0.407 e. The van der Waals surface area contributed by atoms with E-state index < -0.39 is 11.7 Å². The molecule has 1 saturated heterocycles. The molecule has 1 aromatic rings. The molecule has 7 nitrogen and oxygen atoms in total. The van der Waals surface area contributed by atoms with Gasteiger partial charge in [0.05, 0.1) is 17.2 Å². The SMILES string of the molecule is CC(C)(C)OC(=O)NC1CCN(C2CCCCC2)CC1C(=O)NC1(c2ccccn2)CC1. The number of amides is 2. The zero-order valence-corrected chi connectivity index (χ0v) is 19.7. The summed E-state index contributed by atoms with van der Waals surface area (Å²) in [4.78, 5) is 33.1. The van der Waals surface area contributed by atoms with E-state index in [9.17, 15) is 9.59 Å². The number of carbonyl (C=O) groups excluding carboxylic acids is 2. The van der Waals surface area contributed by atoms with Crippen LogP contribution in [-0.4, -0.2) is 52.7 Å². The van der Waals surface area contributed by atoms with E-state index in [-0.39, 0.29) is 23.4 Å². The Kier molecular flexibility index (Phi) is 6.75. The Morgan fingerprint density at radius 3 is 2.50 bits per heavy atom. The number of nitrogens with one attached hydrogen (secondary N) is 2. The van der Waals surface area contributed by atoms with Gasteiger partial charge in [-0.05, 0) is 65.0 Å². The normalized spacial score (nSPS) is 26.2. The summed E-state index contributed by atoms with van der Waals surface area (Å²) >= 11 is 0. The summed E-state index contributed by atoms with van der Waals surface area (Å²) < 4.78 is 5.49. The molecule has 0 radical (unpaired) electrons. The Balaban J connectivity index is 1.47. The third-order valence-electron chi connectivity index (χ3n) is 7.04. The second-order valence-electron chi connectivity index (χ2n) is 10.7. The van der Waals surface area contributed by atoms with Crippen LogP contribution in [0, 0.1) is 5.92 Å². The number of likely N-dealkylation sites (tertiary alicyclic amines) is 1. The first-order valence-electron chi connectivity index (χ1n) is 12.2. The number of hydrogen-bond donors (Lipinski definition) is 2. The van der Waals surface area contributed by atoms with E-state index in [0.717, 1.165) is 31.5 Å². The van der Waals surface area contributed by atoms with Gasteiger partial charge >= 0.3 is 6.09 Å². The molecule has 2 unspecified atom stereocenters. The topological polar surface area (TPSA) is 83.6 Å². The zero-order chi connectivity index (χ0) is 22.8. The summed E-state index contributed by atoms with van der Waals surface area (Å²) in [7, 11) is 0. The van der Waals surface area contributed by atoms with E-state index in [4.69, 9.17) is 4.74 Å². The Labute approximate surface area is 191 Å². The summed E-state index contributed by atoms with van der Waals surface area (Å²) in [6.45, 7) is 7.14. The predicted molar refractivity (Wildman–Crippen MR) is 123 cm³/mol. The summed E-state index contributed by atoms with van der Waals surface area (Å²) in [5, 5.41) is 6.32. The smallest absolute Gasteiger partial charge is 0.407 e.